The number of nitrogens with two attached hydrogens (primary N) is 1. The monoisotopic (exact) mass is 472 g/mol. The van der Waals surface area contributed by atoms with Gasteiger partial charge in [0.15, 0.2) is 0 Å². The van der Waals surface area contributed by atoms with Gasteiger partial charge in [-0.1, -0.05) is 13.3 Å². The molecular formula is C24H32N4O4S. The van der Waals surface area contributed by atoms with Gasteiger partial charge in [-0.25, -0.2) is 18.5 Å². The van der Waals surface area contributed by atoms with Crippen molar-refractivity contribution in [2.24, 2.45) is 5.14 Å². The lowest BCUT2D eigenvalue weighted by Gasteiger charge is -2.26. The Morgan fingerprint density at radius 3 is 2.67 bits per heavy atom. The molecule has 3 aromatic rings. The molecule has 1 atom stereocenters. The number of ether oxygens (including phenoxy) is 2. The molecular weight excluding hydrogens is 440 g/mol. The lowest BCUT2D eigenvalue weighted by atomic mass is 10.0. The number of benzene rings is 2. The lowest BCUT2D eigenvalue weighted by Crippen LogP contribution is -2.25. The van der Waals surface area contributed by atoms with E-state index < -0.39 is 10.0 Å². The Hall–Kier alpha value is -2.62. The average molecular weight is 473 g/mol. The molecule has 1 fully saturated rings. The van der Waals surface area contributed by atoms with E-state index in [4.69, 9.17) is 19.6 Å². The van der Waals surface area contributed by atoms with Crippen molar-refractivity contribution < 1.29 is 17.9 Å². The second-order valence-corrected chi connectivity index (χ2v) is 10.0. The van der Waals surface area contributed by atoms with Crippen LogP contribution in [-0.4, -0.2) is 43.6 Å². The fourth-order valence-corrected chi connectivity index (χ4v) is 5.21. The van der Waals surface area contributed by atoms with Crippen molar-refractivity contribution in [2.75, 3.05) is 20.8 Å². The zero-order chi connectivity index (χ0) is 23.6. The van der Waals surface area contributed by atoms with E-state index in [2.05, 4.69) is 22.5 Å². The topological polar surface area (TPSA) is 99.7 Å². The van der Waals surface area contributed by atoms with Crippen LogP contribution in [0.25, 0.3) is 11.0 Å². The second-order valence-electron chi connectivity index (χ2n) is 8.47. The van der Waals surface area contributed by atoms with Crippen LogP contribution in [0, 0.1) is 0 Å². The second kappa shape index (κ2) is 9.70. The fraction of sp³-hybridized carbons (Fsp3) is 0.458. The minimum absolute atomic E-state index is 0.0851. The molecule has 8 nitrogen and oxygen atoms in total. The molecule has 0 saturated carbocycles. The molecule has 4 rings (SSSR count). The molecule has 1 aliphatic heterocycles. The largest absolute Gasteiger partial charge is 0.497 e. The Morgan fingerprint density at radius 2 is 1.97 bits per heavy atom. The molecule has 0 amide bonds. The molecule has 0 bridgehead atoms. The Balaban J connectivity index is 1.71. The molecule has 2 aromatic carbocycles. The third-order valence-electron chi connectivity index (χ3n) is 6.37. The standard InChI is InChI=1S/C24H32N4O4S/c1-4-5-13-28-22-10-9-18(33(25,29)30)15-20(22)26-24(28)16-27-12-6-7-21(27)19-14-17(31-2)8-11-23(19)32-3/h8-11,14-15,21H,4-7,12-13,16H2,1-3H3,(H2,25,29,30)/t21-/m0/s1. The fourth-order valence-electron chi connectivity index (χ4n) is 4.67. The number of likely N-dealkylation sites (tertiary alicyclic amines) is 1. The minimum atomic E-state index is -3.78. The van der Waals surface area contributed by atoms with Gasteiger partial charge >= 0.3 is 0 Å². The minimum Gasteiger partial charge on any atom is -0.497 e. The summed E-state index contributed by atoms with van der Waals surface area (Å²) in [7, 11) is -0.419. The molecule has 0 aliphatic carbocycles. The van der Waals surface area contributed by atoms with Gasteiger partial charge in [-0.3, -0.25) is 4.90 Å². The van der Waals surface area contributed by atoms with Gasteiger partial charge in [-0.05, 0) is 62.2 Å². The number of sulfonamides is 1. The number of primary sulfonamides is 1. The van der Waals surface area contributed by atoms with Crippen LogP contribution in [0.5, 0.6) is 11.5 Å². The summed E-state index contributed by atoms with van der Waals surface area (Å²) >= 11 is 0. The number of hydrogen-bond donors (Lipinski definition) is 1. The molecule has 2 N–H and O–H groups in total. The smallest absolute Gasteiger partial charge is 0.238 e. The van der Waals surface area contributed by atoms with Crippen molar-refractivity contribution in [3.63, 3.8) is 0 Å². The summed E-state index contributed by atoms with van der Waals surface area (Å²) in [4.78, 5) is 7.36. The number of aromatic nitrogens is 2. The van der Waals surface area contributed by atoms with Gasteiger partial charge < -0.3 is 14.0 Å². The maximum atomic E-state index is 11.8. The highest BCUT2D eigenvalue weighted by molar-refractivity contribution is 7.89. The Kier molecular flexibility index (Phi) is 6.92. The maximum absolute atomic E-state index is 11.8. The van der Waals surface area contributed by atoms with Gasteiger partial charge in [-0.15, -0.1) is 0 Å². The van der Waals surface area contributed by atoms with Gasteiger partial charge in [0.05, 0.1) is 36.7 Å². The quantitative estimate of drug-likeness (QED) is 0.508. The number of fused-ring (bicyclic) bond motifs is 1. The first kappa shape index (κ1) is 23.5. The van der Waals surface area contributed by atoms with Crippen molar-refractivity contribution >= 4 is 21.1 Å². The Bertz CT molecular complexity index is 1240. The Labute approximate surface area is 195 Å². The predicted octanol–water partition coefficient (Wildman–Crippen LogP) is 3.84. The number of rotatable bonds is 9. The first-order chi connectivity index (χ1) is 15.9. The number of aryl methyl sites for hydroxylation is 1. The van der Waals surface area contributed by atoms with E-state index in [1.54, 1.807) is 26.4 Å². The maximum Gasteiger partial charge on any atom is 0.238 e. The van der Waals surface area contributed by atoms with E-state index in [9.17, 15) is 8.42 Å². The lowest BCUT2D eigenvalue weighted by molar-refractivity contribution is 0.233. The summed E-state index contributed by atoms with van der Waals surface area (Å²) in [5, 5.41) is 5.35. The van der Waals surface area contributed by atoms with Gasteiger partial charge in [0.2, 0.25) is 10.0 Å². The molecule has 0 spiro atoms. The number of imidazole rings is 1. The summed E-state index contributed by atoms with van der Waals surface area (Å²) < 4.78 is 37.0. The molecule has 1 aromatic heterocycles. The number of unbranched alkanes of at least 4 members (excludes halogenated alkanes) is 1. The predicted molar refractivity (Wildman–Crippen MR) is 128 cm³/mol. The van der Waals surface area contributed by atoms with Crippen LogP contribution in [0.2, 0.25) is 0 Å². The zero-order valence-corrected chi connectivity index (χ0v) is 20.3. The first-order valence-electron chi connectivity index (χ1n) is 11.3. The molecule has 1 saturated heterocycles. The van der Waals surface area contributed by atoms with E-state index in [1.807, 2.05) is 18.2 Å². The molecule has 178 valence electrons. The highest BCUT2D eigenvalue weighted by Crippen LogP contribution is 2.39. The molecule has 2 heterocycles. The van der Waals surface area contributed by atoms with Gasteiger partial charge in [-0.2, -0.15) is 0 Å². The van der Waals surface area contributed by atoms with Crippen LogP contribution < -0.4 is 14.6 Å². The van der Waals surface area contributed by atoms with Gasteiger partial charge in [0, 0.05) is 18.2 Å². The molecule has 9 heteroatoms. The van der Waals surface area contributed by atoms with Crippen LogP contribution in [0.4, 0.5) is 0 Å². The number of methoxy groups -OCH3 is 2. The third-order valence-corrected chi connectivity index (χ3v) is 7.28. The molecule has 0 radical (unpaired) electrons. The molecule has 33 heavy (non-hydrogen) atoms. The third kappa shape index (κ3) is 4.85. The first-order valence-corrected chi connectivity index (χ1v) is 12.9. The van der Waals surface area contributed by atoms with E-state index in [-0.39, 0.29) is 10.9 Å². The summed E-state index contributed by atoms with van der Waals surface area (Å²) in [5.41, 5.74) is 2.70. The summed E-state index contributed by atoms with van der Waals surface area (Å²) in [6, 6.07) is 11.1. The van der Waals surface area contributed by atoms with Crippen molar-refractivity contribution in [3.8, 4) is 11.5 Å². The van der Waals surface area contributed by atoms with Crippen molar-refractivity contribution in [3.05, 3.63) is 47.8 Å². The summed E-state index contributed by atoms with van der Waals surface area (Å²) in [6.07, 6.45) is 4.17. The summed E-state index contributed by atoms with van der Waals surface area (Å²) in [6.45, 7) is 4.60. The van der Waals surface area contributed by atoms with E-state index in [0.29, 0.717) is 12.1 Å². The van der Waals surface area contributed by atoms with Crippen LogP contribution in [0.1, 0.15) is 50.0 Å². The molecule has 1 aliphatic rings. The normalized spacial score (nSPS) is 17.0. The van der Waals surface area contributed by atoms with E-state index in [1.165, 1.54) is 0 Å². The highest BCUT2D eigenvalue weighted by atomic mass is 32.2. The van der Waals surface area contributed by atoms with Crippen LogP contribution in [-0.2, 0) is 23.1 Å². The zero-order valence-electron chi connectivity index (χ0n) is 19.5. The van der Waals surface area contributed by atoms with Crippen molar-refractivity contribution in [2.45, 2.75) is 56.6 Å². The van der Waals surface area contributed by atoms with Crippen LogP contribution in [0.15, 0.2) is 41.3 Å². The Morgan fingerprint density at radius 1 is 1.15 bits per heavy atom. The number of nitrogens with zero attached hydrogens (tertiary/aromatic N) is 3. The average Bonchev–Trinajstić information content (AvgIpc) is 3.40. The van der Waals surface area contributed by atoms with Crippen molar-refractivity contribution in [1.82, 2.24) is 14.5 Å². The summed E-state index contributed by atoms with van der Waals surface area (Å²) in [5.74, 6) is 2.59. The molecule has 0 unspecified atom stereocenters. The van der Waals surface area contributed by atoms with Crippen LogP contribution >= 0.6 is 0 Å². The van der Waals surface area contributed by atoms with E-state index in [0.717, 1.165) is 67.2 Å². The van der Waals surface area contributed by atoms with Gasteiger partial charge in [0.1, 0.15) is 17.3 Å². The SMILES string of the molecule is CCCCn1c(CN2CCC[C@H]2c2cc(OC)ccc2OC)nc2cc(S(N)(=O)=O)ccc21. The van der Waals surface area contributed by atoms with Gasteiger partial charge in [0.25, 0.3) is 0 Å². The van der Waals surface area contributed by atoms with E-state index >= 15 is 0 Å². The van der Waals surface area contributed by atoms with Crippen molar-refractivity contribution in [1.29, 1.82) is 0 Å². The van der Waals surface area contributed by atoms with Crippen LogP contribution in [0.3, 0.4) is 0 Å². The number of hydrogen-bond acceptors (Lipinski definition) is 6. The highest BCUT2D eigenvalue weighted by Gasteiger charge is 2.30.